The molecule has 0 spiro atoms. The Labute approximate surface area is 201 Å². The van der Waals surface area contributed by atoms with Crippen LogP contribution >= 0.6 is 0 Å². The number of esters is 1. The van der Waals surface area contributed by atoms with E-state index >= 15 is 0 Å². The molecule has 1 aromatic heterocycles. The van der Waals surface area contributed by atoms with Crippen LogP contribution in [-0.4, -0.2) is 69.1 Å². The molecule has 2 fully saturated rings. The summed E-state index contributed by atoms with van der Waals surface area (Å²) in [5, 5.41) is 16.9. The minimum absolute atomic E-state index is 0.129. The molecule has 10 heteroatoms. The van der Waals surface area contributed by atoms with Crippen molar-refractivity contribution in [2.75, 3.05) is 0 Å². The molecule has 3 aliphatic rings. The van der Waals surface area contributed by atoms with Gasteiger partial charge in [0.25, 0.3) is 5.91 Å². The maximum atomic E-state index is 13.6. The Hall–Kier alpha value is -3.79. The van der Waals surface area contributed by atoms with E-state index in [2.05, 4.69) is 15.6 Å². The van der Waals surface area contributed by atoms with Gasteiger partial charge in [-0.15, -0.1) is 0 Å². The topological polar surface area (TPSA) is 138 Å². The molecule has 0 aliphatic carbocycles. The van der Waals surface area contributed by atoms with E-state index < -0.39 is 42.2 Å². The number of ether oxygens (including phenoxy) is 1. The van der Waals surface area contributed by atoms with E-state index in [1.807, 2.05) is 36.4 Å². The highest BCUT2D eigenvalue weighted by atomic mass is 16.6. The summed E-state index contributed by atoms with van der Waals surface area (Å²) in [6.07, 6.45) is 5.83. The van der Waals surface area contributed by atoms with Crippen molar-refractivity contribution in [3.05, 3.63) is 54.4 Å². The second kappa shape index (κ2) is 9.46. The molecule has 0 radical (unpaired) electrons. The zero-order chi connectivity index (χ0) is 24.5. The van der Waals surface area contributed by atoms with Gasteiger partial charge in [0, 0.05) is 17.6 Å². The highest BCUT2D eigenvalue weighted by molar-refractivity contribution is 6.06. The monoisotopic (exact) mass is 478 g/mol. The predicted octanol–water partition coefficient (Wildman–Crippen LogP) is 0.793. The maximum absolute atomic E-state index is 13.6. The molecule has 5 rings (SSSR count). The number of carbonyl (C=O) groups is 4. The van der Waals surface area contributed by atoms with Crippen LogP contribution in [0.3, 0.4) is 0 Å². The van der Waals surface area contributed by atoms with Gasteiger partial charge in [-0.2, -0.15) is 0 Å². The van der Waals surface area contributed by atoms with E-state index in [1.54, 1.807) is 17.2 Å². The van der Waals surface area contributed by atoms with Crippen LogP contribution in [0.2, 0.25) is 0 Å². The smallest absolute Gasteiger partial charge is 0.310 e. The number of nitrogens with zero attached hydrogens (tertiary/aromatic N) is 2. The zero-order valence-electron chi connectivity index (χ0n) is 18.9. The van der Waals surface area contributed by atoms with Crippen molar-refractivity contribution < 1.29 is 29.0 Å². The molecular formula is C25H26N4O6. The Morgan fingerprint density at radius 1 is 1.06 bits per heavy atom. The molecular weight excluding hydrogens is 452 g/mol. The third-order valence-corrected chi connectivity index (χ3v) is 6.81. The number of benzene rings is 1. The number of cyclic esters (lactones) is 1. The number of hydrogen-bond acceptors (Lipinski definition) is 7. The van der Waals surface area contributed by atoms with Crippen LogP contribution in [0.15, 0.2) is 48.7 Å². The Morgan fingerprint density at radius 3 is 2.66 bits per heavy atom. The van der Waals surface area contributed by atoms with Crippen molar-refractivity contribution in [3.63, 3.8) is 0 Å². The van der Waals surface area contributed by atoms with Crippen LogP contribution in [0.5, 0.6) is 0 Å². The second-order valence-electron chi connectivity index (χ2n) is 9.04. The average Bonchev–Trinajstić information content (AvgIpc) is 3.40. The highest BCUT2D eigenvalue weighted by Crippen LogP contribution is 2.30. The van der Waals surface area contributed by atoms with E-state index in [9.17, 15) is 24.3 Å². The van der Waals surface area contributed by atoms with Crippen molar-refractivity contribution in [1.29, 1.82) is 0 Å². The van der Waals surface area contributed by atoms with Crippen molar-refractivity contribution in [2.24, 2.45) is 0 Å². The third kappa shape index (κ3) is 4.49. The highest BCUT2D eigenvalue weighted by Gasteiger charge is 2.45. The van der Waals surface area contributed by atoms with E-state index in [0.29, 0.717) is 24.6 Å². The molecule has 0 bridgehead atoms. The summed E-state index contributed by atoms with van der Waals surface area (Å²) in [4.78, 5) is 57.0. The number of carbonyl (C=O) groups excluding carboxylic acids is 4. The average molecular weight is 479 g/mol. The van der Waals surface area contributed by atoms with E-state index in [-0.39, 0.29) is 30.5 Å². The fourth-order valence-electron chi connectivity index (χ4n) is 5.07. The van der Waals surface area contributed by atoms with Crippen molar-refractivity contribution >= 4 is 34.5 Å². The van der Waals surface area contributed by atoms with Crippen molar-refractivity contribution in [3.8, 4) is 0 Å². The quantitative estimate of drug-likeness (QED) is 0.436. The molecule has 5 atom stereocenters. The lowest BCUT2D eigenvalue weighted by Gasteiger charge is -2.34. The molecule has 1 aromatic carbocycles. The minimum atomic E-state index is -1.41. The van der Waals surface area contributed by atoms with Crippen molar-refractivity contribution in [1.82, 2.24) is 20.5 Å². The summed E-state index contributed by atoms with van der Waals surface area (Å²) in [6, 6.07) is 6.53. The van der Waals surface area contributed by atoms with Gasteiger partial charge in [0.2, 0.25) is 18.1 Å². The number of rotatable bonds is 4. The largest absolute Gasteiger partial charge is 0.434 e. The van der Waals surface area contributed by atoms with Gasteiger partial charge in [-0.1, -0.05) is 36.4 Å². The molecule has 2 aromatic rings. The Balaban J connectivity index is 1.35. The van der Waals surface area contributed by atoms with E-state index in [1.165, 1.54) is 0 Å². The Bertz CT molecular complexity index is 1210. The molecule has 3 amide bonds. The first-order valence-corrected chi connectivity index (χ1v) is 11.7. The lowest BCUT2D eigenvalue weighted by atomic mass is 10.0. The number of hydrogen-bond donors (Lipinski definition) is 3. The normalized spacial score (nSPS) is 29.2. The lowest BCUT2D eigenvalue weighted by molar-refractivity contribution is -0.155. The summed E-state index contributed by atoms with van der Waals surface area (Å²) in [6.45, 7) is 0. The maximum Gasteiger partial charge on any atom is 0.310 e. The first-order chi connectivity index (χ1) is 16.9. The summed E-state index contributed by atoms with van der Waals surface area (Å²) in [5.74, 6) is -1.85. The molecule has 1 unspecified atom stereocenters. The fraction of sp³-hybridized carbons (Fsp3) is 0.400. The van der Waals surface area contributed by atoms with Crippen LogP contribution < -0.4 is 10.6 Å². The standard InChI is InChI=1S/C25H26N4O6/c30-20-13-18(25(34)35-20)28-22(31)19-10-9-15-6-2-4-8-17(24(33)29(15)19)27-23(32)21-16-7-3-1-5-14(16)11-12-26-21/h1-5,7,11-12,15,17-19,25,34H,6,8-10,13H2,(H,27,32)(H,28,31)/b4-2-/t15-,17-,18-,19-,25?/m0/s1. The number of nitrogens with one attached hydrogen (secondary N) is 2. The van der Waals surface area contributed by atoms with Crippen LogP contribution in [0.4, 0.5) is 0 Å². The number of pyridine rings is 1. The van der Waals surface area contributed by atoms with Crippen molar-refractivity contribution in [2.45, 2.75) is 62.6 Å². The van der Waals surface area contributed by atoms with E-state index in [0.717, 1.165) is 5.39 Å². The summed E-state index contributed by atoms with van der Waals surface area (Å²) >= 11 is 0. The number of fused-ring (bicyclic) bond motifs is 2. The first kappa shape index (κ1) is 23.0. The van der Waals surface area contributed by atoms with Gasteiger partial charge < -0.3 is 25.4 Å². The number of aliphatic hydroxyl groups excluding tert-OH is 1. The first-order valence-electron chi connectivity index (χ1n) is 11.7. The lowest BCUT2D eigenvalue weighted by Crippen LogP contribution is -2.57. The number of aliphatic hydroxyl groups is 1. The van der Waals surface area contributed by atoms with Crippen LogP contribution in [-0.2, 0) is 19.1 Å². The van der Waals surface area contributed by atoms with Gasteiger partial charge in [0.15, 0.2) is 0 Å². The Kier molecular flexibility index (Phi) is 6.21. The van der Waals surface area contributed by atoms with Crippen LogP contribution in [0.25, 0.3) is 10.8 Å². The van der Waals surface area contributed by atoms with Gasteiger partial charge in [-0.25, -0.2) is 0 Å². The van der Waals surface area contributed by atoms with E-state index in [4.69, 9.17) is 4.74 Å². The van der Waals surface area contributed by atoms with Gasteiger partial charge in [-0.05, 0) is 37.1 Å². The Morgan fingerprint density at radius 2 is 1.86 bits per heavy atom. The number of amides is 3. The summed E-state index contributed by atoms with van der Waals surface area (Å²) in [7, 11) is 0. The van der Waals surface area contributed by atoms with Gasteiger partial charge in [-0.3, -0.25) is 24.2 Å². The van der Waals surface area contributed by atoms with Gasteiger partial charge in [0.05, 0.1) is 6.42 Å². The zero-order valence-corrected chi connectivity index (χ0v) is 18.9. The molecule has 3 aliphatic heterocycles. The van der Waals surface area contributed by atoms with Gasteiger partial charge >= 0.3 is 5.97 Å². The molecule has 2 saturated heterocycles. The molecule has 4 heterocycles. The fourth-order valence-corrected chi connectivity index (χ4v) is 5.07. The predicted molar refractivity (Wildman–Crippen MR) is 124 cm³/mol. The van der Waals surface area contributed by atoms with Crippen LogP contribution in [0.1, 0.15) is 42.6 Å². The number of aromatic nitrogens is 1. The summed E-state index contributed by atoms with van der Waals surface area (Å²) in [5.41, 5.74) is 0.231. The minimum Gasteiger partial charge on any atom is -0.434 e. The molecule has 10 nitrogen and oxygen atoms in total. The molecule has 35 heavy (non-hydrogen) atoms. The third-order valence-electron chi connectivity index (χ3n) is 6.81. The summed E-state index contributed by atoms with van der Waals surface area (Å²) < 4.78 is 4.69. The van der Waals surface area contributed by atoms with Gasteiger partial charge in [0.1, 0.15) is 23.8 Å². The molecule has 182 valence electrons. The van der Waals surface area contributed by atoms with Crippen LogP contribution in [0, 0.1) is 0 Å². The second-order valence-corrected chi connectivity index (χ2v) is 9.04. The molecule has 0 saturated carbocycles. The SMILES string of the molecule is O=C1C[C@H](NC(=O)[C@@H]2CC[C@@H]3C/C=C\C[C@H](NC(=O)c4nccc5ccccc45)C(=O)N32)C(O)O1. The molecule has 3 N–H and O–H groups in total.